The van der Waals surface area contributed by atoms with E-state index < -0.39 is 0 Å². The van der Waals surface area contributed by atoms with E-state index in [1.54, 1.807) is 0 Å². The minimum absolute atomic E-state index is 0.0949. The molecule has 0 spiro atoms. The van der Waals surface area contributed by atoms with Crippen LogP contribution in [0, 0.1) is 11.8 Å². The Balaban J connectivity index is 1.55. The van der Waals surface area contributed by atoms with Gasteiger partial charge in [-0.2, -0.15) is 0 Å². The third-order valence-electron chi connectivity index (χ3n) is 5.03. The van der Waals surface area contributed by atoms with E-state index in [0.29, 0.717) is 12.5 Å². The molecule has 1 aromatic rings. The Kier molecular flexibility index (Phi) is 5.42. The number of anilines is 1. The molecule has 3 N–H and O–H groups in total. The summed E-state index contributed by atoms with van der Waals surface area (Å²) in [6.45, 7) is 0.620. The smallest absolute Gasteiger partial charge is 0.227 e. The number of amides is 1. The highest BCUT2D eigenvalue weighted by Crippen LogP contribution is 2.35. The molecule has 4 heteroatoms. The number of carbonyl (C=O) groups is 1. The van der Waals surface area contributed by atoms with Crippen LogP contribution < -0.4 is 11.1 Å². The van der Waals surface area contributed by atoms with Gasteiger partial charge in [0.15, 0.2) is 0 Å². The Morgan fingerprint density at radius 3 is 2.50 bits per heavy atom. The second-order valence-electron chi connectivity index (χ2n) is 6.57. The third-order valence-corrected chi connectivity index (χ3v) is 6.37. The normalized spacial score (nSPS) is 25.5. The Morgan fingerprint density at radius 1 is 1.09 bits per heavy atom. The number of nitrogens with two attached hydrogens (primary N) is 1. The summed E-state index contributed by atoms with van der Waals surface area (Å²) >= 11 is 1.98. The lowest BCUT2D eigenvalue weighted by Crippen LogP contribution is -2.29. The van der Waals surface area contributed by atoms with Crippen LogP contribution in [0.15, 0.2) is 29.2 Å². The van der Waals surface area contributed by atoms with Crippen molar-refractivity contribution in [2.24, 2.45) is 17.6 Å². The van der Waals surface area contributed by atoms with Crippen molar-refractivity contribution in [2.45, 2.75) is 55.1 Å². The molecule has 1 amide bonds. The summed E-state index contributed by atoms with van der Waals surface area (Å²) in [5.74, 6) is 0.596. The average molecular weight is 318 g/mol. The maximum Gasteiger partial charge on any atom is 0.227 e. The SMILES string of the molecule is NC[C@H]1CCC[C@H]1C(=O)Nc1ccc(SC2CCCC2)cc1. The van der Waals surface area contributed by atoms with Crippen LogP contribution >= 0.6 is 11.8 Å². The van der Waals surface area contributed by atoms with E-state index in [1.807, 2.05) is 23.9 Å². The Morgan fingerprint density at radius 2 is 1.82 bits per heavy atom. The van der Waals surface area contributed by atoms with E-state index in [-0.39, 0.29) is 11.8 Å². The number of nitrogens with one attached hydrogen (secondary N) is 1. The fourth-order valence-electron chi connectivity index (χ4n) is 3.71. The standard InChI is InChI=1S/C18H26N2OS/c19-12-13-4-3-7-17(13)18(21)20-14-8-10-16(11-9-14)22-15-5-1-2-6-15/h8-11,13,15,17H,1-7,12,19H2,(H,20,21)/t13-,17-/m1/s1. The quantitative estimate of drug-likeness (QED) is 0.861. The van der Waals surface area contributed by atoms with Crippen LogP contribution in [0.4, 0.5) is 5.69 Å². The summed E-state index contributed by atoms with van der Waals surface area (Å²) < 4.78 is 0. The van der Waals surface area contributed by atoms with E-state index in [2.05, 4.69) is 17.4 Å². The van der Waals surface area contributed by atoms with Gasteiger partial charge in [0.2, 0.25) is 5.91 Å². The monoisotopic (exact) mass is 318 g/mol. The number of carbonyl (C=O) groups excluding carboxylic acids is 1. The molecule has 22 heavy (non-hydrogen) atoms. The zero-order valence-electron chi connectivity index (χ0n) is 13.1. The van der Waals surface area contributed by atoms with Crippen LogP contribution in [-0.4, -0.2) is 17.7 Å². The molecular weight excluding hydrogens is 292 g/mol. The van der Waals surface area contributed by atoms with Gasteiger partial charge in [0.1, 0.15) is 0 Å². The van der Waals surface area contributed by atoms with E-state index in [0.717, 1.165) is 30.2 Å². The molecule has 2 fully saturated rings. The first-order valence-corrected chi connectivity index (χ1v) is 9.42. The van der Waals surface area contributed by atoms with Crippen LogP contribution in [0.2, 0.25) is 0 Å². The summed E-state index contributed by atoms with van der Waals surface area (Å²) in [6.07, 6.45) is 8.60. The molecule has 2 aliphatic carbocycles. The fraction of sp³-hybridized carbons (Fsp3) is 0.611. The summed E-state index contributed by atoms with van der Waals surface area (Å²) in [4.78, 5) is 13.7. The highest BCUT2D eigenvalue weighted by Gasteiger charge is 2.31. The molecule has 120 valence electrons. The predicted molar refractivity (Wildman–Crippen MR) is 93.1 cm³/mol. The lowest BCUT2D eigenvalue weighted by molar-refractivity contribution is -0.120. The summed E-state index contributed by atoms with van der Waals surface area (Å²) in [7, 11) is 0. The van der Waals surface area contributed by atoms with Gasteiger partial charge in [-0.15, -0.1) is 11.8 Å². The first-order chi connectivity index (χ1) is 10.8. The summed E-state index contributed by atoms with van der Waals surface area (Å²) in [5.41, 5.74) is 6.68. The molecule has 0 bridgehead atoms. The molecule has 2 saturated carbocycles. The fourth-order valence-corrected chi connectivity index (χ4v) is 4.96. The van der Waals surface area contributed by atoms with Gasteiger partial charge in [0.25, 0.3) is 0 Å². The zero-order valence-corrected chi connectivity index (χ0v) is 13.9. The molecule has 0 radical (unpaired) electrons. The highest BCUT2D eigenvalue weighted by molar-refractivity contribution is 8.00. The summed E-state index contributed by atoms with van der Waals surface area (Å²) in [5, 5.41) is 3.85. The molecule has 0 aromatic heterocycles. The van der Waals surface area contributed by atoms with E-state index in [9.17, 15) is 4.79 Å². The molecule has 2 aliphatic rings. The number of thioether (sulfide) groups is 1. The largest absolute Gasteiger partial charge is 0.330 e. The van der Waals surface area contributed by atoms with Crippen molar-refractivity contribution in [3.63, 3.8) is 0 Å². The first-order valence-electron chi connectivity index (χ1n) is 8.54. The maximum absolute atomic E-state index is 12.4. The van der Waals surface area contributed by atoms with E-state index in [4.69, 9.17) is 5.73 Å². The van der Waals surface area contributed by atoms with Gasteiger partial charge < -0.3 is 11.1 Å². The molecule has 0 saturated heterocycles. The number of rotatable bonds is 5. The van der Waals surface area contributed by atoms with Gasteiger partial charge in [0.05, 0.1) is 0 Å². The van der Waals surface area contributed by atoms with Crippen molar-refractivity contribution in [3.05, 3.63) is 24.3 Å². The van der Waals surface area contributed by atoms with Crippen molar-refractivity contribution in [1.82, 2.24) is 0 Å². The van der Waals surface area contributed by atoms with Crippen LogP contribution in [0.5, 0.6) is 0 Å². The van der Waals surface area contributed by atoms with Gasteiger partial charge in [-0.05, 0) is 62.4 Å². The molecule has 0 aliphatic heterocycles. The van der Waals surface area contributed by atoms with Crippen LogP contribution in [-0.2, 0) is 4.79 Å². The predicted octanol–water partition coefficient (Wildman–Crippen LogP) is 4.03. The third kappa shape index (κ3) is 3.85. The van der Waals surface area contributed by atoms with E-state index in [1.165, 1.54) is 30.6 Å². The van der Waals surface area contributed by atoms with Crippen molar-refractivity contribution in [3.8, 4) is 0 Å². The van der Waals surface area contributed by atoms with Gasteiger partial charge in [0, 0.05) is 21.8 Å². The second-order valence-corrected chi connectivity index (χ2v) is 7.94. The van der Waals surface area contributed by atoms with Gasteiger partial charge in [-0.1, -0.05) is 19.3 Å². The molecule has 2 atom stereocenters. The first kappa shape index (κ1) is 15.9. The minimum atomic E-state index is 0.0949. The topological polar surface area (TPSA) is 55.1 Å². The second kappa shape index (κ2) is 7.51. The van der Waals surface area contributed by atoms with Crippen molar-refractivity contribution < 1.29 is 4.79 Å². The molecule has 3 nitrogen and oxygen atoms in total. The molecule has 0 unspecified atom stereocenters. The Hall–Kier alpha value is -1.00. The Bertz CT molecular complexity index is 496. The van der Waals surface area contributed by atoms with Crippen molar-refractivity contribution >= 4 is 23.4 Å². The van der Waals surface area contributed by atoms with Gasteiger partial charge in [-0.25, -0.2) is 0 Å². The molecular formula is C18H26N2OS. The maximum atomic E-state index is 12.4. The molecule has 0 heterocycles. The average Bonchev–Trinajstić information content (AvgIpc) is 3.20. The van der Waals surface area contributed by atoms with Crippen LogP contribution in [0.1, 0.15) is 44.9 Å². The number of hydrogen-bond acceptors (Lipinski definition) is 3. The number of benzene rings is 1. The van der Waals surface area contributed by atoms with Gasteiger partial charge in [-0.3, -0.25) is 4.79 Å². The van der Waals surface area contributed by atoms with Gasteiger partial charge >= 0.3 is 0 Å². The van der Waals surface area contributed by atoms with Crippen LogP contribution in [0.3, 0.4) is 0 Å². The van der Waals surface area contributed by atoms with Crippen molar-refractivity contribution in [2.75, 3.05) is 11.9 Å². The lowest BCUT2D eigenvalue weighted by atomic mass is 9.95. The van der Waals surface area contributed by atoms with Crippen LogP contribution in [0.25, 0.3) is 0 Å². The Labute approximate surface area is 137 Å². The van der Waals surface area contributed by atoms with E-state index >= 15 is 0 Å². The molecule has 3 rings (SSSR count). The van der Waals surface area contributed by atoms with Crippen molar-refractivity contribution in [1.29, 1.82) is 0 Å². The highest BCUT2D eigenvalue weighted by atomic mass is 32.2. The minimum Gasteiger partial charge on any atom is -0.330 e. The summed E-state index contributed by atoms with van der Waals surface area (Å²) in [6, 6.07) is 8.32. The molecule has 1 aromatic carbocycles. The number of hydrogen-bond donors (Lipinski definition) is 2. The lowest BCUT2D eigenvalue weighted by Gasteiger charge is -2.17. The zero-order chi connectivity index (χ0) is 15.4.